The highest BCUT2D eigenvalue weighted by Crippen LogP contribution is 2.41. The first-order chi connectivity index (χ1) is 6.50. The summed E-state index contributed by atoms with van der Waals surface area (Å²) < 4.78 is 0. The van der Waals surface area contributed by atoms with Crippen molar-refractivity contribution in [3.05, 3.63) is 0 Å². The van der Waals surface area contributed by atoms with E-state index in [-0.39, 0.29) is 11.4 Å². The van der Waals surface area contributed by atoms with Crippen molar-refractivity contribution in [1.82, 2.24) is 10.6 Å². The van der Waals surface area contributed by atoms with E-state index in [1.54, 1.807) is 0 Å². The molecule has 0 spiro atoms. The maximum absolute atomic E-state index is 11.3. The predicted octanol–water partition coefficient (Wildman–Crippen LogP) is 1.24. The Hall–Kier alpha value is -0.770. The Morgan fingerprint density at radius 3 is 2.36 bits per heavy atom. The minimum Gasteiger partial charge on any atom is -0.332 e. The van der Waals surface area contributed by atoms with Gasteiger partial charge < -0.3 is 5.32 Å². The molecule has 0 aliphatic heterocycles. The number of amides is 3. The molecule has 1 saturated carbocycles. The van der Waals surface area contributed by atoms with E-state index in [0.717, 1.165) is 12.8 Å². The maximum atomic E-state index is 11.3. The second-order valence-electron chi connectivity index (χ2n) is 3.95. The zero-order valence-corrected chi connectivity index (χ0v) is 9.15. The lowest BCUT2D eigenvalue weighted by Gasteiger charge is -2.21. The first-order valence-electron chi connectivity index (χ1n) is 4.68. The van der Waals surface area contributed by atoms with E-state index in [0.29, 0.717) is 5.92 Å². The van der Waals surface area contributed by atoms with Crippen LogP contribution in [-0.4, -0.2) is 23.4 Å². The third-order valence-electron chi connectivity index (χ3n) is 2.63. The maximum Gasteiger partial charge on any atom is 0.321 e. The number of alkyl halides is 1. The lowest BCUT2D eigenvalue weighted by atomic mass is 10.0. The van der Waals surface area contributed by atoms with Crippen molar-refractivity contribution in [2.24, 2.45) is 5.92 Å². The van der Waals surface area contributed by atoms with Crippen molar-refractivity contribution in [3.63, 3.8) is 0 Å². The SMILES string of the molecule is CC(C)C1(NC(=O)NC(=O)CCl)CC1. The smallest absolute Gasteiger partial charge is 0.321 e. The second kappa shape index (κ2) is 4.17. The van der Waals surface area contributed by atoms with Crippen LogP contribution in [0.25, 0.3) is 0 Å². The van der Waals surface area contributed by atoms with Crippen LogP contribution in [-0.2, 0) is 4.79 Å². The van der Waals surface area contributed by atoms with E-state index in [9.17, 15) is 9.59 Å². The predicted molar refractivity (Wildman–Crippen MR) is 54.2 cm³/mol. The number of rotatable bonds is 3. The summed E-state index contributed by atoms with van der Waals surface area (Å²) in [5.41, 5.74) is -0.101. The third-order valence-corrected chi connectivity index (χ3v) is 2.87. The molecule has 1 aliphatic carbocycles. The molecule has 0 saturated heterocycles. The van der Waals surface area contributed by atoms with Gasteiger partial charge in [-0.05, 0) is 18.8 Å². The zero-order valence-electron chi connectivity index (χ0n) is 8.39. The van der Waals surface area contributed by atoms with E-state index in [4.69, 9.17) is 11.6 Å². The molecule has 0 aromatic carbocycles. The zero-order chi connectivity index (χ0) is 10.8. The number of halogens is 1. The molecule has 1 fully saturated rings. The second-order valence-corrected chi connectivity index (χ2v) is 4.21. The number of nitrogens with one attached hydrogen (secondary N) is 2. The Labute approximate surface area is 88.4 Å². The highest BCUT2D eigenvalue weighted by Gasteiger charge is 2.46. The summed E-state index contributed by atoms with van der Waals surface area (Å²) in [6, 6.07) is -0.443. The molecule has 1 rings (SSSR count). The third kappa shape index (κ3) is 2.61. The molecule has 0 atom stereocenters. The van der Waals surface area contributed by atoms with Crippen molar-refractivity contribution >= 4 is 23.5 Å². The van der Waals surface area contributed by atoms with Crippen LogP contribution in [0.15, 0.2) is 0 Å². The van der Waals surface area contributed by atoms with E-state index < -0.39 is 11.9 Å². The van der Waals surface area contributed by atoms with Crippen molar-refractivity contribution in [1.29, 1.82) is 0 Å². The Bertz CT molecular complexity index is 249. The quantitative estimate of drug-likeness (QED) is 0.701. The first kappa shape index (κ1) is 11.3. The Balaban J connectivity index is 2.38. The van der Waals surface area contributed by atoms with E-state index in [1.165, 1.54) is 0 Å². The number of hydrogen-bond donors (Lipinski definition) is 2. The standard InChI is InChI=1S/C9H15ClN2O2/c1-6(2)9(3-4-9)12-8(14)11-7(13)5-10/h6H,3-5H2,1-2H3,(H2,11,12,13,14). The molecule has 0 heterocycles. The molecule has 3 amide bonds. The molecule has 4 nitrogen and oxygen atoms in total. The highest BCUT2D eigenvalue weighted by molar-refractivity contribution is 6.28. The molecule has 0 bridgehead atoms. The molecule has 0 aromatic rings. The lowest BCUT2D eigenvalue weighted by Crippen LogP contribution is -2.48. The van der Waals surface area contributed by atoms with Crippen LogP contribution >= 0.6 is 11.6 Å². The van der Waals surface area contributed by atoms with Gasteiger partial charge in [0.1, 0.15) is 5.88 Å². The fourth-order valence-corrected chi connectivity index (χ4v) is 1.47. The summed E-state index contributed by atoms with van der Waals surface area (Å²) in [7, 11) is 0. The summed E-state index contributed by atoms with van der Waals surface area (Å²) in [5.74, 6) is -0.273. The molecule has 0 aromatic heterocycles. The molecule has 80 valence electrons. The summed E-state index contributed by atoms with van der Waals surface area (Å²) >= 11 is 5.25. The molecular weight excluding hydrogens is 204 g/mol. The molecule has 0 unspecified atom stereocenters. The number of imide groups is 1. The molecular formula is C9H15ClN2O2. The van der Waals surface area contributed by atoms with E-state index in [1.807, 2.05) is 0 Å². The topological polar surface area (TPSA) is 58.2 Å². The van der Waals surface area contributed by atoms with Gasteiger partial charge in [-0.3, -0.25) is 10.1 Å². The number of carbonyl (C=O) groups is 2. The molecule has 1 aliphatic rings. The van der Waals surface area contributed by atoms with Crippen LogP contribution in [0.5, 0.6) is 0 Å². The van der Waals surface area contributed by atoms with Gasteiger partial charge in [0.05, 0.1) is 0 Å². The minimum absolute atomic E-state index is 0.101. The lowest BCUT2D eigenvalue weighted by molar-refractivity contribution is -0.117. The van der Waals surface area contributed by atoms with Crippen LogP contribution < -0.4 is 10.6 Å². The van der Waals surface area contributed by atoms with E-state index in [2.05, 4.69) is 24.5 Å². The molecule has 0 radical (unpaired) electrons. The average molecular weight is 219 g/mol. The minimum atomic E-state index is -0.469. The fraction of sp³-hybridized carbons (Fsp3) is 0.778. The van der Waals surface area contributed by atoms with Gasteiger partial charge in [-0.2, -0.15) is 0 Å². The molecule has 14 heavy (non-hydrogen) atoms. The van der Waals surface area contributed by atoms with Gasteiger partial charge in [0.2, 0.25) is 5.91 Å². The van der Waals surface area contributed by atoms with Crippen LogP contribution in [0.3, 0.4) is 0 Å². The molecule has 5 heteroatoms. The van der Waals surface area contributed by atoms with Crippen LogP contribution in [0, 0.1) is 5.92 Å². The van der Waals surface area contributed by atoms with Gasteiger partial charge in [-0.25, -0.2) is 4.79 Å². The van der Waals surface area contributed by atoms with Crippen LogP contribution in [0.2, 0.25) is 0 Å². The Morgan fingerprint density at radius 1 is 1.43 bits per heavy atom. The number of hydrogen-bond acceptors (Lipinski definition) is 2. The Kier molecular flexibility index (Phi) is 3.37. The van der Waals surface area contributed by atoms with Gasteiger partial charge in [-0.15, -0.1) is 11.6 Å². The van der Waals surface area contributed by atoms with Crippen LogP contribution in [0.1, 0.15) is 26.7 Å². The summed E-state index contributed by atoms with van der Waals surface area (Å²) in [6.45, 7) is 4.10. The van der Waals surface area contributed by atoms with Gasteiger partial charge in [-0.1, -0.05) is 13.8 Å². The largest absolute Gasteiger partial charge is 0.332 e. The number of carbonyl (C=O) groups excluding carboxylic acids is 2. The van der Waals surface area contributed by atoms with Gasteiger partial charge in [0.25, 0.3) is 0 Å². The van der Waals surface area contributed by atoms with E-state index >= 15 is 0 Å². The summed E-state index contributed by atoms with van der Waals surface area (Å²) in [4.78, 5) is 22.1. The van der Waals surface area contributed by atoms with Crippen molar-refractivity contribution in [2.75, 3.05) is 5.88 Å². The van der Waals surface area contributed by atoms with Crippen LogP contribution in [0.4, 0.5) is 4.79 Å². The summed E-state index contributed by atoms with van der Waals surface area (Å²) in [6.07, 6.45) is 1.96. The van der Waals surface area contributed by atoms with Gasteiger partial charge >= 0.3 is 6.03 Å². The van der Waals surface area contributed by atoms with Gasteiger partial charge in [0, 0.05) is 5.54 Å². The van der Waals surface area contributed by atoms with Gasteiger partial charge in [0.15, 0.2) is 0 Å². The Morgan fingerprint density at radius 2 is 2.00 bits per heavy atom. The normalized spacial score (nSPS) is 17.7. The van der Waals surface area contributed by atoms with Crippen molar-refractivity contribution in [3.8, 4) is 0 Å². The fourth-order valence-electron chi connectivity index (χ4n) is 1.40. The van der Waals surface area contributed by atoms with Crippen molar-refractivity contribution < 1.29 is 9.59 Å². The van der Waals surface area contributed by atoms with Crippen molar-refractivity contribution in [2.45, 2.75) is 32.2 Å². The molecule has 2 N–H and O–H groups in total. The highest BCUT2D eigenvalue weighted by atomic mass is 35.5. The first-order valence-corrected chi connectivity index (χ1v) is 5.21. The number of urea groups is 1. The monoisotopic (exact) mass is 218 g/mol. The summed E-state index contributed by atoms with van der Waals surface area (Å²) in [5, 5.41) is 4.96. The average Bonchev–Trinajstić information content (AvgIpc) is 2.85.